The minimum absolute atomic E-state index is 0.0965. The van der Waals surface area contributed by atoms with E-state index in [1.165, 1.54) is 4.90 Å². The Morgan fingerprint density at radius 1 is 0.846 bits per heavy atom. The first-order valence-electron chi connectivity index (χ1n) is 13.4. The molecule has 2 amide bonds. The summed E-state index contributed by atoms with van der Waals surface area (Å²) in [6, 6.07) is 22.2. The lowest BCUT2D eigenvalue weighted by molar-refractivity contribution is -0.140. The minimum atomic E-state index is -4.06. The average Bonchev–Trinajstić information content (AvgIpc) is 2.93. The molecule has 0 unspecified atom stereocenters. The van der Waals surface area contributed by atoms with E-state index in [0.29, 0.717) is 18.7 Å². The highest BCUT2D eigenvalue weighted by molar-refractivity contribution is 7.92. The number of hydrogen-bond acceptors (Lipinski definition) is 4. The zero-order valence-electron chi connectivity index (χ0n) is 23.3. The van der Waals surface area contributed by atoms with Crippen molar-refractivity contribution in [3.8, 4) is 0 Å². The van der Waals surface area contributed by atoms with Crippen molar-refractivity contribution in [3.05, 3.63) is 95.6 Å². The van der Waals surface area contributed by atoms with Gasteiger partial charge in [0.25, 0.3) is 10.0 Å². The first kappa shape index (κ1) is 29.9. The summed E-state index contributed by atoms with van der Waals surface area (Å²) >= 11 is 0. The van der Waals surface area contributed by atoms with Crippen LogP contribution in [-0.4, -0.2) is 44.3 Å². The molecule has 7 nitrogen and oxygen atoms in total. The molecule has 208 valence electrons. The predicted molar refractivity (Wildman–Crippen MR) is 156 cm³/mol. The van der Waals surface area contributed by atoms with Crippen LogP contribution in [0.2, 0.25) is 0 Å². The van der Waals surface area contributed by atoms with Gasteiger partial charge in [0.1, 0.15) is 12.6 Å². The minimum Gasteiger partial charge on any atom is -0.354 e. The summed E-state index contributed by atoms with van der Waals surface area (Å²) in [6.07, 6.45) is 2.17. The fourth-order valence-corrected chi connectivity index (χ4v) is 5.69. The van der Waals surface area contributed by atoms with Gasteiger partial charge < -0.3 is 10.2 Å². The van der Waals surface area contributed by atoms with Crippen LogP contribution in [0.3, 0.4) is 0 Å². The molecule has 0 fully saturated rings. The number of rotatable bonds is 13. The van der Waals surface area contributed by atoms with Gasteiger partial charge in [0.2, 0.25) is 11.8 Å². The molecule has 8 heteroatoms. The number of sulfonamides is 1. The highest BCUT2D eigenvalue weighted by Gasteiger charge is 2.33. The maximum absolute atomic E-state index is 14.0. The smallest absolute Gasteiger partial charge is 0.264 e. The van der Waals surface area contributed by atoms with Crippen molar-refractivity contribution in [3.63, 3.8) is 0 Å². The van der Waals surface area contributed by atoms with Crippen LogP contribution in [0.25, 0.3) is 0 Å². The van der Waals surface area contributed by atoms with Gasteiger partial charge in [-0.05, 0) is 56.5 Å². The Balaban J connectivity index is 2.00. The van der Waals surface area contributed by atoms with Gasteiger partial charge >= 0.3 is 0 Å². The number of hydrogen-bond donors (Lipinski definition) is 1. The molecule has 0 aliphatic carbocycles. The number of benzene rings is 3. The normalized spacial score (nSPS) is 12.0. The molecule has 0 bridgehead atoms. The average molecular weight is 550 g/mol. The lowest BCUT2D eigenvalue weighted by Crippen LogP contribution is -2.52. The van der Waals surface area contributed by atoms with Crippen LogP contribution in [-0.2, 0) is 26.2 Å². The van der Waals surface area contributed by atoms with Crippen LogP contribution in [0.5, 0.6) is 0 Å². The van der Waals surface area contributed by atoms with Crippen molar-refractivity contribution in [1.29, 1.82) is 0 Å². The van der Waals surface area contributed by atoms with Crippen LogP contribution in [0, 0.1) is 13.8 Å². The van der Waals surface area contributed by atoms with Crippen LogP contribution >= 0.6 is 0 Å². The molecule has 1 atom stereocenters. The third kappa shape index (κ3) is 7.93. The molecule has 0 spiro atoms. The summed E-state index contributed by atoms with van der Waals surface area (Å²) in [6.45, 7) is 8.04. The van der Waals surface area contributed by atoms with E-state index in [0.717, 1.165) is 33.8 Å². The fourth-order valence-electron chi connectivity index (χ4n) is 4.28. The highest BCUT2D eigenvalue weighted by Crippen LogP contribution is 2.25. The first-order chi connectivity index (χ1) is 18.7. The second-order valence-corrected chi connectivity index (χ2v) is 11.6. The molecule has 3 rings (SSSR count). The van der Waals surface area contributed by atoms with E-state index >= 15 is 0 Å². The van der Waals surface area contributed by atoms with Gasteiger partial charge in [-0.1, -0.05) is 86.0 Å². The molecule has 0 heterocycles. The van der Waals surface area contributed by atoms with E-state index in [1.807, 2.05) is 52.0 Å². The zero-order valence-corrected chi connectivity index (χ0v) is 24.1. The molecule has 1 N–H and O–H groups in total. The Morgan fingerprint density at radius 2 is 1.44 bits per heavy atom. The lowest BCUT2D eigenvalue weighted by Gasteiger charge is -2.33. The maximum Gasteiger partial charge on any atom is 0.264 e. The van der Waals surface area contributed by atoms with Crippen molar-refractivity contribution >= 4 is 27.5 Å². The molecule has 3 aromatic rings. The Morgan fingerprint density at radius 3 is 2.00 bits per heavy atom. The van der Waals surface area contributed by atoms with Gasteiger partial charge in [0.05, 0.1) is 10.6 Å². The Labute approximate surface area is 232 Å². The van der Waals surface area contributed by atoms with Crippen molar-refractivity contribution in [2.45, 2.75) is 64.4 Å². The Bertz CT molecular complexity index is 1320. The molecule has 0 aliphatic heterocycles. The lowest BCUT2D eigenvalue weighted by atomic mass is 10.1. The van der Waals surface area contributed by atoms with Crippen molar-refractivity contribution < 1.29 is 18.0 Å². The number of carbonyl (C=O) groups is 2. The number of nitrogens with one attached hydrogen (secondary N) is 1. The summed E-state index contributed by atoms with van der Waals surface area (Å²) in [4.78, 5) is 28.8. The molecule has 0 saturated carbocycles. The number of unbranched alkanes of at least 4 members (excludes halogenated alkanes) is 1. The standard InChI is InChI=1S/C31H39N3O4S/c1-5-7-21-32-31(36)29(6-2)33(22-26-17-13-24(3)14-18-26)30(35)23-34(27-11-9-8-10-12-27)39(37,38)28-19-15-25(4)16-20-28/h8-20,29H,5-7,21-23H2,1-4H3,(H,32,36)/t29-/m1/s1. The third-order valence-corrected chi connectivity index (χ3v) is 8.41. The third-order valence-electron chi connectivity index (χ3n) is 6.62. The zero-order chi connectivity index (χ0) is 28.4. The van der Waals surface area contributed by atoms with Gasteiger partial charge in [-0.15, -0.1) is 0 Å². The van der Waals surface area contributed by atoms with Gasteiger partial charge in [0.15, 0.2) is 0 Å². The van der Waals surface area contributed by atoms with Crippen molar-refractivity contribution in [2.24, 2.45) is 0 Å². The SMILES string of the molecule is CCCCNC(=O)[C@@H](CC)N(Cc1ccc(C)cc1)C(=O)CN(c1ccccc1)S(=O)(=O)c1ccc(C)cc1. The summed E-state index contributed by atoms with van der Waals surface area (Å²) in [5.74, 6) is -0.688. The Hall–Kier alpha value is -3.65. The van der Waals surface area contributed by atoms with Crippen LogP contribution in [0.1, 0.15) is 49.8 Å². The molecule has 39 heavy (non-hydrogen) atoms. The summed E-state index contributed by atoms with van der Waals surface area (Å²) in [5, 5.41) is 2.95. The van der Waals surface area contributed by atoms with Crippen molar-refractivity contribution in [2.75, 3.05) is 17.4 Å². The molecule has 0 aliphatic rings. The fraction of sp³-hybridized carbons (Fsp3) is 0.355. The molecule has 0 radical (unpaired) electrons. The molecule has 0 aromatic heterocycles. The van der Waals surface area contributed by atoms with Crippen molar-refractivity contribution in [1.82, 2.24) is 10.2 Å². The van der Waals surface area contributed by atoms with E-state index in [1.54, 1.807) is 54.6 Å². The second-order valence-electron chi connectivity index (χ2n) is 9.74. The number of anilines is 1. The van der Waals surface area contributed by atoms with Gasteiger partial charge in [0, 0.05) is 13.1 Å². The largest absolute Gasteiger partial charge is 0.354 e. The first-order valence-corrected chi connectivity index (χ1v) is 14.9. The number of amides is 2. The highest BCUT2D eigenvalue weighted by atomic mass is 32.2. The van der Waals surface area contributed by atoms with E-state index < -0.39 is 28.5 Å². The summed E-state index contributed by atoms with van der Waals surface area (Å²) in [5.41, 5.74) is 3.25. The van der Waals surface area contributed by atoms with E-state index in [4.69, 9.17) is 0 Å². The maximum atomic E-state index is 14.0. The van der Waals surface area contributed by atoms with Gasteiger partial charge in [-0.3, -0.25) is 13.9 Å². The summed E-state index contributed by atoms with van der Waals surface area (Å²) in [7, 11) is -4.06. The molecular formula is C31H39N3O4S. The van der Waals surface area contributed by atoms with Crippen LogP contribution in [0.4, 0.5) is 5.69 Å². The summed E-state index contributed by atoms with van der Waals surface area (Å²) < 4.78 is 28.8. The number of carbonyl (C=O) groups excluding carboxylic acids is 2. The van der Waals surface area contributed by atoms with Crippen LogP contribution < -0.4 is 9.62 Å². The number of nitrogens with zero attached hydrogens (tertiary/aromatic N) is 2. The van der Waals surface area contributed by atoms with Gasteiger partial charge in [-0.2, -0.15) is 0 Å². The second kappa shape index (κ2) is 13.9. The monoisotopic (exact) mass is 549 g/mol. The number of aryl methyl sites for hydroxylation is 2. The van der Waals surface area contributed by atoms with Gasteiger partial charge in [-0.25, -0.2) is 8.42 Å². The quantitative estimate of drug-likeness (QED) is 0.296. The van der Waals surface area contributed by atoms with Crippen LogP contribution in [0.15, 0.2) is 83.8 Å². The topological polar surface area (TPSA) is 86.8 Å². The van der Waals surface area contributed by atoms with E-state index in [2.05, 4.69) is 5.32 Å². The predicted octanol–water partition coefficient (Wildman–Crippen LogP) is 5.22. The molecular weight excluding hydrogens is 510 g/mol. The van der Waals surface area contributed by atoms with E-state index in [-0.39, 0.29) is 17.3 Å². The Kier molecular flexibility index (Phi) is 10.7. The van der Waals surface area contributed by atoms with E-state index in [9.17, 15) is 18.0 Å². The molecule has 3 aromatic carbocycles. The molecule has 0 saturated heterocycles. The number of para-hydroxylation sites is 1.